The summed E-state index contributed by atoms with van der Waals surface area (Å²) < 4.78 is 32.0. The summed E-state index contributed by atoms with van der Waals surface area (Å²) in [5, 5.41) is 2.69. The summed E-state index contributed by atoms with van der Waals surface area (Å²) in [5.74, 6) is 0. The van der Waals surface area contributed by atoms with Gasteiger partial charge in [-0.05, 0) is 35.7 Å². The number of hydrogen-bond donors (Lipinski definition) is 0. The van der Waals surface area contributed by atoms with Crippen LogP contribution in [-0.4, -0.2) is 13.0 Å². The normalized spacial score (nSPS) is 13.0. The standard InChI is InChI=1S/C18H13ClN2O2S2/c1-21-16-11-6-12-4-2-3-5-15(12)17(16)24-18(21)20-25(22,23)14-9-7-13(19)8-10-14/h2-11H,1H3/b20-18+. The van der Waals surface area contributed by atoms with Crippen LogP contribution >= 0.6 is 22.9 Å². The largest absolute Gasteiger partial charge is 0.319 e. The molecular weight excluding hydrogens is 376 g/mol. The van der Waals surface area contributed by atoms with Crippen LogP contribution in [0.4, 0.5) is 0 Å². The molecule has 0 atom stereocenters. The zero-order valence-corrected chi connectivity index (χ0v) is 15.6. The van der Waals surface area contributed by atoms with Gasteiger partial charge in [-0.15, -0.1) is 4.40 Å². The van der Waals surface area contributed by atoms with Crippen molar-refractivity contribution in [3.05, 3.63) is 70.5 Å². The molecule has 25 heavy (non-hydrogen) atoms. The van der Waals surface area contributed by atoms with Gasteiger partial charge >= 0.3 is 0 Å². The Labute approximate surface area is 153 Å². The second-order valence-corrected chi connectivity index (χ2v) is 8.62. The molecule has 0 aliphatic carbocycles. The second kappa shape index (κ2) is 5.98. The molecule has 0 spiro atoms. The second-order valence-electron chi connectivity index (χ2n) is 5.60. The highest BCUT2D eigenvalue weighted by Gasteiger charge is 2.14. The van der Waals surface area contributed by atoms with Crippen LogP contribution < -0.4 is 4.80 Å². The summed E-state index contributed by atoms with van der Waals surface area (Å²) in [6, 6.07) is 18.1. The van der Waals surface area contributed by atoms with E-state index in [4.69, 9.17) is 11.6 Å². The predicted octanol–water partition coefficient (Wildman–Crippen LogP) is 4.34. The van der Waals surface area contributed by atoms with Crippen molar-refractivity contribution < 1.29 is 8.42 Å². The summed E-state index contributed by atoms with van der Waals surface area (Å²) in [6.07, 6.45) is 0. The van der Waals surface area contributed by atoms with Crippen molar-refractivity contribution in [2.24, 2.45) is 11.4 Å². The number of hydrogen-bond acceptors (Lipinski definition) is 3. The van der Waals surface area contributed by atoms with E-state index in [-0.39, 0.29) is 4.90 Å². The lowest BCUT2D eigenvalue weighted by Crippen LogP contribution is -2.13. The Kier molecular flexibility index (Phi) is 3.91. The van der Waals surface area contributed by atoms with Crippen LogP contribution in [0, 0.1) is 0 Å². The van der Waals surface area contributed by atoms with E-state index in [0.29, 0.717) is 9.82 Å². The SMILES string of the molecule is Cn1/c(=N\S(=O)(=O)c2ccc(Cl)cc2)sc2c3ccccc3ccc21. The third kappa shape index (κ3) is 2.86. The third-order valence-electron chi connectivity index (χ3n) is 4.01. The number of thiazole rings is 1. The predicted molar refractivity (Wildman–Crippen MR) is 103 cm³/mol. The molecule has 0 aliphatic heterocycles. The zero-order chi connectivity index (χ0) is 17.6. The van der Waals surface area contributed by atoms with Crippen molar-refractivity contribution in [1.82, 2.24) is 4.57 Å². The molecule has 4 nitrogen and oxygen atoms in total. The van der Waals surface area contributed by atoms with Crippen LogP contribution in [0.25, 0.3) is 21.0 Å². The van der Waals surface area contributed by atoms with Crippen LogP contribution in [0.3, 0.4) is 0 Å². The number of nitrogens with zero attached hydrogens (tertiary/aromatic N) is 2. The Hall–Kier alpha value is -2.15. The van der Waals surface area contributed by atoms with Gasteiger partial charge in [-0.2, -0.15) is 8.42 Å². The third-order valence-corrected chi connectivity index (χ3v) is 6.84. The molecule has 0 radical (unpaired) electrons. The monoisotopic (exact) mass is 388 g/mol. The van der Waals surface area contributed by atoms with E-state index >= 15 is 0 Å². The molecule has 1 aromatic heterocycles. The summed E-state index contributed by atoms with van der Waals surface area (Å²) in [6.45, 7) is 0. The van der Waals surface area contributed by atoms with E-state index in [0.717, 1.165) is 21.0 Å². The Bertz CT molecular complexity index is 1270. The van der Waals surface area contributed by atoms with Gasteiger partial charge in [0.2, 0.25) is 4.80 Å². The number of rotatable bonds is 2. The zero-order valence-electron chi connectivity index (χ0n) is 13.2. The first kappa shape index (κ1) is 16.3. The highest BCUT2D eigenvalue weighted by atomic mass is 35.5. The van der Waals surface area contributed by atoms with E-state index in [9.17, 15) is 8.42 Å². The maximum atomic E-state index is 12.6. The van der Waals surface area contributed by atoms with Crippen molar-refractivity contribution in [2.75, 3.05) is 0 Å². The first-order valence-corrected chi connectivity index (χ1v) is 10.1. The molecule has 0 amide bonds. The summed E-state index contributed by atoms with van der Waals surface area (Å²) >= 11 is 7.20. The molecule has 1 heterocycles. The van der Waals surface area contributed by atoms with E-state index < -0.39 is 10.0 Å². The van der Waals surface area contributed by atoms with Crippen LogP contribution in [0.2, 0.25) is 5.02 Å². The average molecular weight is 389 g/mol. The lowest BCUT2D eigenvalue weighted by Gasteiger charge is -2.00. The quantitative estimate of drug-likeness (QED) is 0.513. The van der Waals surface area contributed by atoms with E-state index in [2.05, 4.69) is 4.40 Å². The summed E-state index contributed by atoms with van der Waals surface area (Å²) in [5.41, 5.74) is 0.953. The van der Waals surface area contributed by atoms with Crippen molar-refractivity contribution in [3.8, 4) is 0 Å². The van der Waals surface area contributed by atoms with Crippen molar-refractivity contribution in [1.29, 1.82) is 0 Å². The molecule has 0 unspecified atom stereocenters. The highest BCUT2D eigenvalue weighted by Crippen LogP contribution is 2.27. The molecule has 0 fully saturated rings. The summed E-state index contributed by atoms with van der Waals surface area (Å²) in [4.78, 5) is 0.556. The van der Waals surface area contributed by atoms with E-state index in [1.165, 1.54) is 23.5 Å². The fraction of sp³-hybridized carbons (Fsp3) is 0.0556. The number of sulfonamides is 1. The van der Waals surface area contributed by atoms with Gasteiger partial charge in [-0.3, -0.25) is 0 Å². The number of fused-ring (bicyclic) bond motifs is 3. The molecule has 0 bridgehead atoms. The molecule has 0 saturated heterocycles. The van der Waals surface area contributed by atoms with Gasteiger partial charge in [0.25, 0.3) is 10.0 Å². The number of aromatic nitrogens is 1. The summed E-state index contributed by atoms with van der Waals surface area (Å²) in [7, 11) is -1.97. The van der Waals surface area contributed by atoms with Gasteiger partial charge in [-0.25, -0.2) is 0 Å². The van der Waals surface area contributed by atoms with Gasteiger partial charge in [0.05, 0.1) is 15.1 Å². The van der Waals surface area contributed by atoms with Crippen LogP contribution in [0.15, 0.2) is 70.0 Å². The van der Waals surface area contributed by atoms with Gasteiger partial charge < -0.3 is 4.57 Å². The van der Waals surface area contributed by atoms with Crippen molar-refractivity contribution in [3.63, 3.8) is 0 Å². The van der Waals surface area contributed by atoms with Gasteiger partial charge in [0, 0.05) is 17.5 Å². The molecule has 0 saturated carbocycles. The molecule has 4 rings (SSSR count). The number of halogens is 1. The Balaban J connectivity index is 1.97. The Morgan fingerprint density at radius 2 is 1.72 bits per heavy atom. The maximum absolute atomic E-state index is 12.6. The topological polar surface area (TPSA) is 51.4 Å². The first-order valence-electron chi connectivity index (χ1n) is 7.49. The van der Waals surface area contributed by atoms with E-state index in [1.807, 2.05) is 43.4 Å². The average Bonchev–Trinajstić information content (AvgIpc) is 2.91. The minimum atomic E-state index is -3.80. The van der Waals surface area contributed by atoms with Gasteiger partial charge in [0.1, 0.15) is 0 Å². The highest BCUT2D eigenvalue weighted by molar-refractivity contribution is 7.90. The van der Waals surface area contributed by atoms with E-state index in [1.54, 1.807) is 16.7 Å². The molecule has 0 aliphatic rings. The van der Waals surface area contributed by atoms with Crippen molar-refractivity contribution >= 4 is 54.0 Å². The van der Waals surface area contributed by atoms with Gasteiger partial charge in [0.15, 0.2) is 0 Å². The van der Waals surface area contributed by atoms with Crippen molar-refractivity contribution in [2.45, 2.75) is 4.90 Å². The molecule has 7 heteroatoms. The fourth-order valence-corrected chi connectivity index (χ4v) is 5.21. The Morgan fingerprint density at radius 1 is 1.00 bits per heavy atom. The first-order chi connectivity index (χ1) is 12.0. The molecule has 4 aromatic rings. The fourth-order valence-electron chi connectivity index (χ4n) is 2.71. The van der Waals surface area contributed by atoms with Crippen LogP contribution in [-0.2, 0) is 17.1 Å². The van der Waals surface area contributed by atoms with Crippen LogP contribution in [0.1, 0.15) is 0 Å². The lowest BCUT2D eigenvalue weighted by atomic mass is 10.1. The lowest BCUT2D eigenvalue weighted by molar-refractivity contribution is 0.596. The molecular formula is C18H13ClN2O2S2. The molecule has 0 N–H and O–H groups in total. The number of aryl methyl sites for hydroxylation is 1. The molecule has 126 valence electrons. The van der Waals surface area contributed by atoms with Crippen LogP contribution in [0.5, 0.6) is 0 Å². The minimum absolute atomic E-state index is 0.124. The number of benzene rings is 3. The Morgan fingerprint density at radius 3 is 2.48 bits per heavy atom. The smallest absolute Gasteiger partial charge is 0.285 e. The molecule has 3 aromatic carbocycles. The minimum Gasteiger partial charge on any atom is -0.319 e. The maximum Gasteiger partial charge on any atom is 0.285 e. The van der Waals surface area contributed by atoms with Gasteiger partial charge in [-0.1, -0.05) is 53.3 Å².